The fraction of sp³-hybridized carbons (Fsp3) is 0.231. The number of thiophene rings is 1. The number of benzene rings is 1. The van der Waals surface area contributed by atoms with Crippen LogP contribution in [0, 0.1) is 12.7 Å². The van der Waals surface area contributed by atoms with E-state index in [9.17, 15) is 4.39 Å². The summed E-state index contributed by atoms with van der Waals surface area (Å²) >= 11 is 1.64. The maximum atomic E-state index is 13.7. The molecule has 1 N–H and O–H groups in total. The lowest BCUT2D eigenvalue weighted by atomic mass is 10.0. The van der Waals surface area contributed by atoms with Gasteiger partial charge in [0.05, 0.1) is 0 Å². The first kappa shape index (κ1) is 11.3. The minimum atomic E-state index is -0.155. The molecule has 2 aromatic rings. The Kier molecular flexibility index (Phi) is 3.36. The summed E-state index contributed by atoms with van der Waals surface area (Å²) in [5, 5.41) is 5.06. The molecule has 0 aliphatic heterocycles. The van der Waals surface area contributed by atoms with Gasteiger partial charge in [0.15, 0.2) is 0 Å². The second kappa shape index (κ2) is 4.76. The molecule has 0 radical (unpaired) electrons. The lowest BCUT2D eigenvalue weighted by molar-refractivity contribution is 0.630. The van der Waals surface area contributed by atoms with Crippen molar-refractivity contribution in [3.8, 4) is 11.1 Å². The standard InChI is InChI=1S/C13H14FNS/c1-9-5-11(8-16-9)12-6-10(7-15-2)3-4-13(12)14/h3-6,8,15H,7H2,1-2H3. The smallest absolute Gasteiger partial charge is 0.131 e. The van der Waals surface area contributed by atoms with Gasteiger partial charge in [0.25, 0.3) is 0 Å². The summed E-state index contributed by atoms with van der Waals surface area (Å²) in [6.07, 6.45) is 0. The maximum absolute atomic E-state index is 13.7. The van der Waals surface area contributed by atoms with Crippen LogP contribution in [0.25, 0.3) is 11.1 Å². The highest BCUT2D eigenvalue weighted by Crippen LogP contribution is 2.28. The van der Waals surface area contributed by atoms with Crippen molar-refractivity contribution in [1.29, 1.82) is 0 Å². The Balaban J connectivity index is 2.42. The summed E-state index contributed by atoms with van der Waals surface area (Å²) in [6, 6.07) is 7.28. The molecule has 84 valence electrons. The molecule has 0 bridgehead atoms. The van der Waals surface area contributed by atoms with E-state index in [0.29, 0.717) is 5.56 Å². The van der Waals surface area contributed by atoms with Gasteiger partial charge < -0.3 is 5.32 Å². The van der Waals surface area contributed by atoms with Crippen LogP contribution in [0.2, 0.25) is 0 Å². The van der Waals surface area contributed by atoms with Crippen molar-refractivity contribution < 1.29 is 4.39 Å². The zero-order chi connectivity index (χ0) is 11.5. The van der Waals surface area contributed by atoms with Crippen LogP contribution in [0.3, 0.4) is 0 Å². The highest BCUT2D eigenvalue weighted by molar-refractivity contribution is 7.10. The first-order chi connectivity index (χ1) is 7.70. The number of aryl methyl sites for hydroxylation is 1. The van der Waals surface area contributed by atoms with Crippen LogP contribution < -0.4 is 5.32 Å². The molecule has 0 aliphatic carbocycles. The van der Waals surface area contributed by atoms with Crippen molar-refractivity contribution >= 4 is 11.3 Å². The molecule has 0 amide bonds. The van der Waals surface area contributed by atoms with Gasteiger partial charge in [0.1, 0.15) is 5.82 Å². The van der Waals surface area contributed by atoms with E-state index in [1.165, 1.54) is 10.9 Å². The highest BCUT2D eigenvalue weighted by Gasteiger charge is 2.07. The van der Waals surface area contributed by atoms with Crippen molar-refractivity contribution in [2.75, 3.05) is 7.05 Å². The molecule has 1 heterocycles. The third kappa shape index (κ3) is 2.31. The average Bonchev–Trinajstić information content (AvgIpc) is 2.68. The summed E-state index contributed by atoms with van der Waals surface area (Å²) in [4.78, 5) is 1.20. The minimum absolute atomic E-state index is 0.155. The molecule has 0 saturated heterocycles. The fourth-order valence-corrected chi connectivity index (χ4v) is 2.40. The van der Waals surface area contributed by atoms with Crippen molar-refractivity contribution in [2.24, 2.45) is 0 Å². The molecule has 0 aliphatic rings. The van der Waals surface area contributed by atoms with Crippen LogP contribution in [0.4, 0.5) is 4.39 Å². The molecule has 1 aromatic heterocycles. The van der Waals surface area contributed by atoms with Crippen LogP contribution in [0.15, 0.2) is 29.6 Å². The molecular formula is C13H14FNS. The van der Waals surface area contributed by atoms with Crippen LogP contribution >= 0.6 is 11.3 Å². The molecule has 1 aromatic carbocycles. The quantitative estimate of drug-likeness (QED) is 0.857. The van der Waals surface area contributed by atoms with E-state index in [-0.39, 0.29) is 5.82 Å². The van der Waals surface area contributed by atoms with E-state index >= 15 is 0 Å². The Hall–Kier alpha value is -1.19. The van der Waals surface area contributed by atoms with E-state index in [4.69, 9.17) is 0 Å². The van der Waals surface area contributed by atoms with Crippen LogP contribution in [-0.4, -0.2) is 7.05 Å². The van der Waals surface area contributed by atoms with E-state index < -0.39 is 0 Å². The molecule has 0 saturated carbocycles. The van der Waals surface area contributed by atoms with E-state index in [2.05, 4.69) is 5.32 Å². The third-order valence-electron chi connectivity index (χ3n) is 2.45. The van der Waals surface area contributed by atoms with Gasteiger partial charge in [-0.3, -0.25) is 0 Å². The molecular weight excluding hydrogens is 221 g/mol. The first-order valence-corrected chi connectivity index (χ1v) is 6.07. The van der Waals surface area contributed by atoms with Crippen molar-refractivity contribution in [2.45, 2.75) is 13.5 Å². The van der Waals surface area contributed by atoms with E-state index in [1.807, 2.05) is 37.6 Å². The van der Waals surface area contributed by atoms with Crippen LogP contribution in [0.5, 0.6) is 0 Å². The zero-order valence-electron chi connectivity index (χ0n) is 9.38. The number of hydrogen-bond acceptors (Lipinski definition) is 2. The van der Waals surface area contributed by atoms with Gasteiger partial charge >= 0.3 is 0 Å². The lowest BCUT2D eigenvalue weighted by Crippen LogP contribution is -2.05. The molecule has 0 fully saturated rings. The first-order valence-electron chi connectivity index (χ1n) is 5.19. The number of hydrogen-bond donors (Lipinski definition) is 1. The van der Waals surface area contributed by atoms with Gasteiger partial charge in [-0.05, 0) is 48.7 Å². The van der Waals surface area contributed by atoms with E-state index in [1.54, 1.807) is 11.3 Å². The Morgan fingerprint density at radius 2 is 2.12 bits per heavy atom. The van der Waals surface area contributed by atoms with Crippen molar-refractivity contribution in [3.05, 3.63) is 45.9 Å². The molecule has 16 heavy (non-hydrogen) atoms. The number of rotatable bonds is 3. The summed E-state index contributed by atoms with van der Waals surface area (Å²) in [6.45, 7) is 2.79. The Bertz CT molecular complexity index is 490. The predicted octanol–water partition coefficient (Wildman–Crippen LogP) is 3.58. The summed E-state index contributed by atoms with van der Waals surface area (Å²) in [7, 11) is 1.89. The second-order valence-electron chi connectivity index (χ2n) is 3.79. The summed E-state index contributed by atoms with van der Waals surface area (Å²) in [5.74, 6) is -0.155. The monoisotopic (exact) mass is 235 g/mol. The van der Waals surface area contributed by atoms with E-state index in [0.717, 1.165) is 17.7 Å². The summed E-state index contributed by atoms with van der Waals surface area (Å²) < 4.78 is 13.7. The largest absolute Gasteiger partial charge is 0.316 e. The number of halogens is 1. The molecule has 0 atom stereocenters. The third-order valence-corrected chi connectivity index (χ3v) is 3.31. The van der Waals surface area contributed by atoms with Gasteiger partial charge in [-0.2, -0.15) is 0 Å². The SMILES string of the molecule is CNCc1ccc(F)c(-c2csc(C)c2)c1. The van der Waals surface area contributed by atoms with Crippen molar-refractivity contribution in [1.82, 2.24) is 5.32 Å². The zero-order valence-corrected chi connectivity index (χ0v) is 10.2. The van der Waals surface area contributed by atoms with Gasteiger partial charge in [-0.1, -0.05) is 6.07 Å². The molecule has 1 nitrogen and oxygen atoms in total. The van der Waals surface area contributed by atoms with Crippen molar-refractivity contribution in [3.63, 3.8) is 0 Å². The molecule has 0 spiro atoms. The molecule has 2 rings (SSSR count). The van der Waals surface area contributed by atoms with Gasteiger partial charge in [0, 0.05) is 17.0 Å². The van der Waals surface area contributed by atoms with Crippen LogP contribution in [0.1, 0.15) is 10.4 Å². The Labute approximate surface area is 98.9 Å². The Morgan fingerprint density at radius 1 is 1.31 bits per heavy atom. The van der Waals surface area contributed by atoms with Gasteiger partial charge in [-0.25, -0.2) is 4.39 Å². The Morgan fingerprint density at radius 3 is 2.75 bits per heavy atom. The highest BCUT2D eigenvalue weighted by atomic mass is 32.1. The average molecular weight is 235 g/mol. The second-order valence-corrected chi connectivity index (χ2v) is 4.91. The molecule has 0 unspecified atom stereocenters. The molecule has 3 heteroatoms. The number of nitrogens with one attached hydrogen (secondary N) is 1. The topological polar surface area (TPSA) is 12.0 Å². The summed E-state index contributed by atoms with van der Waals surface area (Å²) in [5.41, 5.74) is 2.76. The van der Waals surface area contributed by atoms with Gasteiger partial charge in [0.2, 0.25) is 0 Å². The van der Waals surface area contributed by atoms with Crippen LogP contribution in [-0.2, 0) is 6.54 Å². The van der Waals surface area contributed by atoms with Gasteiger partial charge in [-0.15, -0.1) is 11.3 Å². The normalized spacial score (nSPS) is 10.7. The lowest BCUT2D eigenvalue weighted by Gasteiger charge is -2.05. The maximum Gasteiger partial charge on any atom is 0.131 e. The fourth-order valence-electron chi connectivity index (χ4n) is 1.69. The predicted molar refractivity (Wildman–Crippen MR) is 67.2 cm³/mol. The minimum Gasteiger partial charge on any atom is -0.316 e.